The molecule has 2 aromatic carbocycles. The van der Waals surface area contributed by atoms with Crippen molar-refractivity contribution in [3.05, 3.63) is 65.7 Å². The number of aryl methyl sites for hydroxylation is 1. The molecule has 2 aromatic rings. The fraction of sp³-hybridized carbons (Fsp3) is 0.333. The number of hydrogen-bond acceptors (Lipinski definition) is 3. The molecule has 0 spiro atoms. The molecule has 0 unspecified atom stereocenters. The topological polar surface area (TPSA) is 40.5 Å². The van der Waals surface area contributed by atoms with E-state index in [2.05, 4.69) is 12.1 Å². The van der Waals surface area contributed by atoms with Gasteiger partial charge in [-0.25, -0.2) is 0 Å². The third-order valence-corrected chi connectivity index (χ3v) is 4.88. The first kappa shape index (κ1) is 16.1. The highest BCUT2D eigenvalue weighted by Crippen LogP contribution is 2.31. The van der Waals surface area contributed by atoms with Crippen LogP contribution in [0.3, 0.4) is 0 Å². The lowest BCUT2D eigenvalue weighted by Crippen LogP contribution is -2.35. The van der Waals surface area contributed by atoms with Crippen LogP contribution in [0.4, 0.5) is 0 Å². The second-order valence-corrected chi connectivity index (χ2v) is 6.54. The lowest BCUT2D eigenvalue weighted by molar-refractivity contribution is 0.114. The molecule has 0 aliphatic heterocycles. The maximum absolute atomic E-state index is 9.83. The Morgan fingerprint density at radius 1 is 0.905 bits per heavy atom. The highest BCUT2D eigenvalue weighted by atomic mass is 32.2. The number of hydrogen-bond donors (Lipinski definition) is 2. The molecule has 2 rings (SSSR count). The highest BCUT2D eigenvalue weighted by Gasteiger charge is 2.30. The molecular weight excluding hydrogens is 280 g/mol. The van der Waals surface area contributed by atoms with E-state index in [1.807, 2.05) is 49.4 Å². The third kappa shape index (κ3) is 4.10. The van der Waals surface area contributed by atoms with E-state index in [9.17, 15) is 10.2 Å². The Morgan fingerprint density at radius 2 is 1.52 bits per heavy atom. The monoisotopic (exact) mass is 302 g/mol. The number of benzene rings is 2. The Bertz CT molecular complexity index is 533. The van der Waals surface area contributed by atoms with Crippen LogP contribution in [0.5, 0.6) is 0 Å². The summed E-state index contributed by atoms with van der Waals surface area (Å²) in [4.78, 5) is 1.21. The van der Waals surface area contributed by atoms with Gasteiger partial charge in [-0.1, -0.05) is 48.0 Å². The minimum Gasteiger partial charge on any atom is -0.395 e. The summed E-state index contributed by atoms with van der Waals surface area (Å²) >= 11 is 1.75. The van der Waals surface area contributed by atoms with Crippen LogP contribution in [0.15, 0.2) is 59.5 Å². The molecule has 0 heterocycles. The van der Waals surface area contributed by atoms with Gasteiger partial charge >= 0.3 is 0 Å². The van der Waals surface area contributed by atoms with Crippen LogP contribution < -0.4 is 0 Å². The van der Waals surface area contributed by atoms with E-state index in [4.69, 9.17) is 0 Å². The first-order chi connectivity index (χ1) is 10.2. The summed E-state index contributed by atoms with van der Waals surface area (Å²) in [5.41, 5.74) is 1.63. The second kappa shape index (κ2) is 7.64. The Morgan fingerprint density at radius 3 is 2.10 bits per heavy atom. The van der Waals surface area contributed by atoms with E-state index >= 15 is 0 Å². The summed E-state index contributed by atoms with van der Waals surface area (Å²) in [6.07, 6.45) is 0.739. The van der Waals surface area contributed by atoms with Gasteiger partial charge in [0.1, 0.15) is 0 Å². The number of rotatable bonds is 7. The van der Waals surface area contributed by atoms with Crippen molar-refractivity contribution in [2.75, 3.05) is 19.0 Å². The van der Waals surface area contributed by atoms with Gasteiger partial charge in [0.2, 0.25) is 0 Å². The fourth-order valence-corrected chi connectivity index (χ4v) is 3.40. The molecule has 0 saturated carbocycles. The molecule has 2 nitrogen and oxygen atoms in total. The van der Waals surface area contributed by atoms with Gasteiger partial charge in [-0.2, -0.15) is 0 Å². The first-order valence-corrected chi connectivity index (χ1v) is 8.15. The Hall–Kier alpha value is -1.29. The second-order valence-electron chi connectivity index (χ2n) is 5.37. The minimum absolute atomic E-state index is 0.0398. The summed E-state index contributed by atoms with van der Waals surface area (Å²) in [5.74, 6) is 0.860. The summed E-state index contributed by atoms with van der Waals surface area (Å²) in [7, 11) is 0. The minimum atomic E-state index is -0.560. The smallest absolute Gasteiger partial charge is 0.0550 e. The zero-order chi connectivity index (χ0) is 15.1. The maximum Gasteiger partial charge on any atom is 0.0550 e. The third-order valence-electron chi connectivity index (χ3n) is 3.86. The van der Waals surface area contributed by atoms with Crippen molar-refractivity contribution >= 4 is 11.8 Å². The molecule has 0 aliphatic rings. The van der Waals surface area contributed by atoms with Gasteiger partial charge in [0.05, 0.1) is 13.2 Å². The van der Waals surface area contributed by atoms with Crippen molar-refractivity contribution in [1.82, 2.24) is 0 Å². The number of thioether (sulfide) groups is 1. The molecule has 0 bridgehead atoms. The molecule has 0 saturated heterocycles. The van der Waals surface area contributed by atoms with E-state index in [1.54, 1.807) is 11.8 Å². The summed E-state index contributed by atoms with van der Waals surface area (Å²) in [6, 6.07) is 18.3. The number of aliphatic hydroxyl groups is 2. The summed E-state index contributed by atoms with van der Waals surface area (Å²) < 4.78 is 0. The standard InChI is InChI=1S/C18H22O2S/c1-15-7-9-16(10-8-15)18(13-19,14-20)11-12-21-17-5-3-2-4-6-17/h2-10,19-20H,11-14H2,1H3. The lowest BCUT2D eigenvalue weighted by atomic mass is 9.79. The average molecular weight is 302 g/mol. The van der Waals surface area contributed by atoms with Crippen LogP contribution in [-0.2, 0) is 5.41 Å². The van der Waals surface area contributed by atoms with E-state index in [0.29, 0.717) is 0 Å². The highest BCUT2D eigenvalue weighted by molar-refractivity contribution is 7.99. The first-order valence-electron chi connectivity index (χ1n) is 7.17. The van der Waals surface area contributed by atoms with Gasteiger partial charge in [0.15, 0.2) is 0 Å². The van der Waals surface area contributed by atoms with Crippen LogP contribution in [0, 0.1) is 6.92 Å². The van der Waals surface area contributed by atoms with E-state index in [0.717, 1.165) is 17.7 Å². The molecule has 0 aliphatic carbocycles. The van der Waals surface area contributed by atoms with Crippen LogP contribution in [-0.4, -0.2) is 29.2 Å². The van der Waals surface area contributed by atoms with Gasteiger partial charge in [0.25, 0.3) is 0 Å². The molecule has 0 aromatic heterocycles. The van der Waals surface area contributed by atoms with Crippen molar-refractivity contribution in [3.63, 3.8) is 0 Å². The largest absolute Gasteiger partial charge is 0.395 e. The molecule has 0 atom stereocenters. The Labute approximate surface area is 130 Å². The van der Waals surface area contributed by atoms with Gasteiger partial charge in [-0.3, -0.25) is 0 Å². The van der Waals surface area contributed by atoms with Crippen LogP contribution in [0.25, 0.3) is 0 Å². The zero-order valence-corrected chi connectivity index (χ0v) is 13.1. The Balaban J connectivity index is 2.06. The van der Waals surface area contributed by atoms with Crippen molar-refractivity contribution in [2.45, 2.75) is 23.7 Å². The Kier molecular flexibility index (Phi) is 5.85. The van der Waals surface area contributed by atoms with Gasteiger partial charge in [0, 0.05) is 10.3 Å². The summed E-state index contributed by atoms with van der Waals surface area (Å²) in [6.45, 7) is 1.96. The molecule has 0 amide bonds. The SMILES string of the molecule is Cc1ccc(C(CO)(CO)CCSc2ccccc2)cc1. The quantitative estimate of drug-likeness (QED) is 0.770. The number of aliphatic hydroxyl groups excluding tert-OH is 2. The maximum atomic E-state index is 9.83. The van der Waals surface area contributed by atoms with Gasteiger partial charge in [-0.15, -0.1) is 11.8 Å². The van der Waals surface area contributed by atoms with Gasteiger partial charge in [-0.05, 0) is 36.8 Å². The lowest BCUT2D eigenvalue weighted by Gasteiger charge is -2.30. The zero-order valence-electron chi connectivity index (χ0n) is 12.3. The molecule has 0 radical (unpaired) electrons. The predicted molar refractivity (Wildman–Crippen MR) is 88.8 cm³/mol. The van der Waals surface area contributed by atoms with Crippen LogP contribution >= 0.6 is 11.8 Å². The van der Waals surface area contributed by atoms with Crippen LogP contribution in [0.2, 0.25) is 0 Å². The predicted octanol–water partition coefficient (Wildman–Crippen LogP) is 3.40. The van der Waals surface area contributed by atoms with Crippen LogP contribution in [0.1, 0.15) is 17.5 Å². The fourth-order valence-electron chi connectivity index (χ4n) is 2.32. The van der Waals surface area contributed by atoms with Crippen molar-refractivity contribution in [1.29, 1.82) is 0 Å². The average Bonchev–Trinajstić information content (AvgIpc) is 2.54. The van der Waals surface area contributed by atoms with Crippen molar-refractivity contribution < 1.29 is 10.2 Å². The normalized spacial score (nSPS) is 11.6. The molecule has 0 fully saturated rings. The molecule has 112 valence electrons. The van der Waals surface area contributed by atoms with Gasteiger partial charge < -0.3 is 10.2 Å². The van der Waals surface area contributed by atoms with Crippen molar-refractivity contribution in [3.8, 4) is 0 Å². The molecule has 21 heavy (non-hydrogen) atoms. The molecular formula is C18H22O2S. The summed E-state index contributed by atoms with van der Waals surface area (Å²) in [5, 5.41) is 19.7. The van der Waals surface area contributed by atoms with E-state index < -0.39 is 5.41 Å². The van der Waals surface area contributed by atoms with Crippen molar-refractivity contribution in [2.24, 2.45) is 0 Å². The molecule has 3 heteroatoms. The van der Waals surface area contributed by atoms with E-state index in [1.165, 1.54) is 10.5 Å². The molecule has 2 N–H and O–H groups in total. The van der Waals surface area contributed by atoms with E-state index in [-0.39, 0.29) is 13.2 Å².